The summed E-state index contributed by atoms with van der Waals surface area (Å²) in [5.41, 5.74) is 6.58. The first-order chi connectivity index (χ1) is 9.56. The highest BCUT2D eigenvalue weighted by molar-refractivity contribution is 5.61. The van der Waals surface area contributed by atoms with Crippen LogP contribution in [0.25, 0.3) is 11.1 Å². The zero-order valence-corrected chi connectivity index (χ0v) is 10.4. The summed E-state index contributed by atoms with van der Waals surface area (Å²) in [6, 6.07) is 1.58. The van der Waals surface area contributed by atoms with Crippen LogP contribution in [-0.4, -0.2) is 29.0 Å². The van der Waals surface area contributed by atoms with Crippen LogP contribution in [0.3, 0.4) is 0 Å². The molecule has 7 heteroatoms. The van der Waals surface area contributed by atoms with Gasteiger partial charge in [-0.3, -0.25) is 4.68 Å². The van der Waals surface area contributed by atoms with E-state index in [0.29, 0.717) is 18.8 Å². The van der Waals surface area contributed by atoms with Crippen LogP contribution >= 0.6 is 0 Å². The molecule has 0 saturated carbocycles. The summed E-state index contributed by atoms with van der Waals surface area (Å²) in [5, 5.41) is 4.12. The van der Waals surface area contributed by atoms with Gasteiger partial charge in [-0.2, -0.15) is 5.10 Å². The molecule has 20 heavy (non-hydrogen) atoms. The number of hydrogen-bond acceptors (Lipinski definition) is 3. The monoisotopic (exact) mass is 283 g/mol. The molecule has 2 N–H and O–H groups in total. The molecule has 1 aromatic heterocycles. The molecule has 2 aromatic rings. The number of nitrogens with two attached hydrogens (primary N) is 1. The van der Waals surface area contributed by atoms with E-state index in [4.69, 9.17) is 10.5 Å². The number of hydrogen-bond donors (Lipinski definition) is 1. The Morgan fingerprint density at radius 1 is 1.15 bits per heavy atom. The predicted molar refractivity (Wildman–Crippen MR) is 65.4 cm³/mol. The highest BCUT2D eigenvalue weighted by Crippen LogP contribution is 2.25. The fourth-order valence-corrected chi connectivity index (χ4v) is 2.22. The molecule has 1 aliphatic rings. The van der Waals surface area contributed by atoms with Crippen molar-refractivity contribution in [2.45, 2.75) is 12.1 Å². The number of nitrogens with zero attached hydrogens (tertiary/aromatic N) is 2. The summed E-state index contributed by atoms with van der Waals surface area (Å²) < 4.78 is 46.2. The summed E-state index contributed by atoms with van der Waals surface area (Å²) in [4.78, 5) is 0. The third kappa shape index (κ3) is 2.19. The maximum absolute atomic E-state index is 13.2. The van der Waals surface area contributed by atoms with Gasteiger partial charge in [0.25, 0.3) is 0 Å². The van der Waals surface area contributed by atoms with Gasteiger partial charge < -0.3 is 10.5 Å². The fourth-order valence-electron chi connectivity index (χ4n) is 2.22. The molecule has 2 atom stereocenters. The van der Waals surface area contributed by atoms with Gasteiger partial charge in [0.15, 0.2) is 17.5 Å². The van der Waals surface area contributed by atoms with Crippen LogP contribution in [0.1, 0.15) is 6.04 Å². The van der Waals surface area contributed by atoms with E-state index in [1.807, 2.05) is 0 Å². The van der Waals surface area contributed by atoms with Crippen molar-refractivity contribution in [3.63, 3.8) is 0 Å². The van der Waals surface area contributed by atoms with Gasteiger partial charge in [-0.25, -0.2) is 13.2 Å². The Bertz CT molecular complexity index is 621. The van der Waals surface area contributed by atoms with Crippen LogP contribution in [0.4, 0.5) is 13.2 Å². The van der Waals surface area contributed by atoms with Crippen LogP contribution in [0, 0.1) is 17.5 Å². The Labute approximate surface area is 112 Å². The average Bonchev–Trinajstić information content (AvgIpc) is 3.03. The second-order valence-electron chi connectivity index (χ2n) is 4.73. The lowest BCUT2D eigenvalue weighted by atomic mass is 10.1. The molecule has 106 valence electrons. The van der Waals surface area contributed by atoms with Crippen molar-refractivity contribution in [2.75, 3.05) is 13.2 Å². The van der Waals surface area contributed by atoms with Crippen LogP contribution < -0.4 is 5.73 Å². The second kappa shape index (κ2) is 4.92. The summed E-state index contributed by atoms with van der Waals surface area (Å²) in [6.45, 7) is 0.883. The zero-order chi connectivity index (χ0) is 14.3. The minimum Gasteiger partial charge on any atom is -0.377 e. The topological polar surface area (TPSA) is 53.1 Å². The summed E-state index contributed by atoms with van der Waals surface area (Å²) >= 11 is 0. The molecule has 0 bridgehead atoms. The van der Waals surface area contributed by atoms with Crippen molar-refractivity contribution < 1.29 is 17.9 Å². The Hall–Kier alpha value is -1.86. The van der Waals surface area contributed by atoms with Crippen molar-refractivity contribution >= 4 is 0 Å². The van der Waals surface area contributed by atoms with Crippen molar-refractivity contribution in [1.82, 2.24) is 9.78 Å². The van der Waals surface area contributed by atoms with Crippen molar-refractivity contribution in [3.05, 3.63) is 42.0 Å². The molecular weight excluding hydrogens is 271 g/mol. The van der Waals surface area contributed by atoms with E-state index < -0.39 is 17.5 Å². The summed E-state index contributed by atoms with van der Waals surface area (Å²) in [7, 11) is 0. The van der Waals surface area contributed by atoms with Gasteiger partial charge in [-0.05, 0) is 17.7 Å². The van der Waals surface area contributed by atoms with Crippen molar-refractivity contribution in [2.24, 2.45) is 5.73 Å². The van der Waals surface area contributed by atoms with E-state index in [0.717, 1.165) is 12.1 Å². The van der Waals surface area contributed by atoms with E-state index in [-0.39, 0.29) is 17.6 Å². The number of aromatic nitrogens is 2. The standard InChI is InChI=1S/C13H12F3N3O/c14-9-1-7(2-10(15)13(9)16)8-3-18-19(4-8)12-6-20-5-11(12)17/h1-4,11-12H,5-6,17H2/t11?,12-/m1/s1. The molecular formula is C13H12F3N3O. The van der Waals surface area contributed by atoms with Crippen LogP contribution in [0.15, 0.2) is 24.5 Å². The molecule has 1 fully saturated rings. The third-order valence-corrected chi connectivity index (χ3v) is 3.35. The van der Waals surface area contributed by atoms with Gasteiger partial charge in [-0.1, -0.05) is 0 Å². The lowest BCUT2D eigenvalue weighted by molar-refractivity contribution is 0.183. The molecule has 1 aliphatic heterocycles. The molecule has 0 aliphatic carbocycles. The first-order valence-corrected chi connectivity index (χ1v) is 6.08. The predicted octanol–water partition coefficient (Wildman–Crippen LogP) is 1.87. The van der Waals surface area contributed by atoms with Crippen LogP contribution in [0.2, 0.25) is 0 Å². The van der Waals surface area contributed by atoms with Crippen LogP contribution in [0.5, 0.6) is 0 Å². The number of benzene rings is 1. The molecule has 2 heterocycles. The SMILES string of the molecule is NC1COC[C@H]1n1cc(-c2cc(F)c(F)c(F)c2)cn1. The third-order valence-electron chi connectivity index (χ3n) is 3.35. The lowest BCUT2D eigenvalue weighted by Gasteiger charge is -2.13. The molecule has 4 nitrogen and oxygen atoms in total. The number of halogens is 3. The molecule has 0 amide bonds. The zero-order valence-electron chi connectivity index (χ0n) is 10.4. The first kappa shape index (κ1) is 13.1. The van der Waals surface area contributed by atoms with Crippen LogP contribution in [-0.2, 0) is 4.74 Å². The Morgan fingerprint density at radius 3 is 2.45 bits per heavy atom. The minimum absolute atomic E-state index is 0.112. The van der Waals surface area contributed by atoms with Gasteiger partial charge in [0.1, 0.15) is 0 Å². The van der Waals surface area contributed by atoms with Gasteiger partial charge in [0, 0.05) is 11.8 Å². The molecule has 0 radical (unpaired) electrons. The number of rotatable bonds is 2. The van der Waals surface area contributed by atoms with Gasteiger partial charge >= 0.3 is 0 Å². The van der Waals surface area contributed by atoms with E-state index in [1.165, 1.54) is 6.20 Å². The summed E-state index contributed by atoms with van der Waals surface area (Å²) in [6.07, 6.45) is 3.07. The average molecular weight is 283 g/mol. The van der Waals surface area contributed by atoms with E-state index >= 15 is 0 Å². The van der Waals surface area contributed by atoms with Gasteiger partial charge in [0.2, 0.25) is 0 Å². The highest BCUT2D eigenvalue weighted by Gasteiger charge is 2.27. The fraction of sp³-hybridized carbons (Fsp3) is 0.308. The Balaban J connectivity index is 1.94. The largest absolute Gasteiger partial charge is 0.377 e. The normalized spacial score (nSPS) is 22.4. The maximum Gasteiger partial charge on any atom is 0.194 e. The lowest BCUT2D eigenvalue weighted by Crippen LogP contribution is -2.31. The Kier molecular flexibility index (Phi) is 3.23. The smallest absolute Gasteiger partial charge is 0.194 e. The quantitative estimate of drug-likeness (QED) is 0.856. The first-order valence-electron chi connectivity index (χ1n) is 6.08. The molecule has 3 rings (SSSR count). The van der Waals surface area contributed by atoms with Crippen molar-refractivity contribution in [3.8, 4) is 11.1 Å². The summed E-state index contributed by atoms with van der Waals surface area (Å²) in [5.74, 6) is -3.94. The molecule has 0 spiro atoms. The molecule has 1 saturated heterocycles. The van der Waals surface area contributed by atoms with Gasteiger partial charge in [0.05, 0.1) is 31.5 Å². The van der Waals surface area contributed by atoms with E-state index in [2.05, 4.69) is 5.10 Å². The molecule has 1 aromatic carbocycles. The Morgan fingerprint density at radius 2 is 1.85 bits per heavy atom. The van der Waals surface area contributed by atoms with E-state index in [9.17, 15) is 13.2 Å². The van der Waals surface area contributed by atoms with Crippen molar-refractivity contribution in [1.29, 1.82) is 0 Å². The maximum atomic E-state index is 13.2. The van der Waals surface area contributed by atoms with E-state index in [1.54, 1.807) is 10.9 Å². The van der Waals surface area contributed by atoms with Gasteiger partial charge in [-0.15, -0.1) is 0 Å². The highest BCUT2D eigenvalue weighted by atomic mass is 19.2. The molecule has 1 unspecified atom stereocenters. The number of ether oxygens (including phenoxy) is 1. The minimum atomic E-state index is -1.48. The second-order valence-corrected chi connectivity index (χ2v) is 4.73.